The number of likely N-dealkylation sites (tertiary alicyclic amines) is 1. The first-order valence-electron chi connectivity index (χ1n) is 7.06. The summed E-state index contributed by atoms with van der Waals surface area (Å²) in [4.78, 5) is 7.85. The standard InChI is InChI=1S/C13H23N3O2/c1-13(9-14-10-13)12-15-17-8-11(18-12)7-16-5-3-2-4-6-16/h11,14H,2-10H2,1H3. The van der Waals surface area contributed by atoms with Crippen LogP contribution in [0.2, 0.25) is 0 Å². The maximum atomic E-state index is 6.04. The third kappa shape index (κ3) is 2.47. The van der Waals surface area contributed by atoms with Gasteiger partial charge in [-0.3, -0.25) is 4.90 Å². The number of nitrogens with one attached hydrogen (secondary N) is 1. The third-order valence-corrected chi connectivity index (χ3v) is 4.14. The van der Waals surface area contributed by atoms with Crippen LogP contribution in [0.4, 0.5) is 0 Å². The molecule has 0 aromatic heterocycles. The second-order valence-electron chi connectivity index (χ2n) is 5.96. The molecule has 1 N–H and O–H groups in total. The van der Waals surface area contributed by atoms with E-state index in [2.05, 4.69) is 22.3 Å². The van der Waals surface area contributed by atoms with Gasteiger partial charge in [0.2, 0.25) is 5.90 Å². The molecule has 5 nitrogen and oxygen atoms in total. The molecule has 0 radical (unpaired) electrons. The number of oxime groups is 1. The molecule has 3 heterocycles. The lowest BCUT2D eigenvalue weighted by Crippen LogP contribution is -2.58. The highest BCUT2D eigenvalue weighted by atomic mass is 16.7. The summed E-state index contributed by atoms with van der Waals surface area (Å²) in [6.45, 7) is 8.01. The van der Waals surface area contributed by atoms with Crippen molar-refractivity contribution in [1.29, 1.82) is 0 Å². The van der Waals surface area contributed by atoms with Crippen LogP contribution in [-0.2, 0) is 9.57 Å². The molecular formula is C13H23N3O2. The molecule has 0 saturated carbocycles. The SMILES string of the molecule is CC1(C2=NOCC(CN3CCCCC3)O2)CNC1. The first-order chi connectivity index (χ1) is 8.76. The van der Waals surface area contributed by atoms with Gasteiger partial charge < -0.3 is 14.9 Å². The normalized spacial score (nSPS) is 31.8. The summed E-state index contributed by atoms with van der Waals surface area (Å²) in [5, 5.41) is 7.37. The molecule has 5 heteroatoms. The molecule has 0 spiro atoms. The van der Waals surface area contributed by atoms with Crippen molar-refractivity contribution >= 4 is 5.90 Å². The topological polar surface area (TPSA) is 46.1 Å². The Hall–Kier alpha value is -0.810. The average Bonchev–Trinajstić information content (AvgIpc) is 2.37. The fraction of sp³-hybridized carbons (Fsp3) is 0.923. The quantitative estimate of drug-likeness (QED) is 0.808. The summed E-state index contributed by atoms with van der Waals surface area (Å²) >= 11 is 0. The first-order valence-corrected chi connectivity index (χ1v) is 7.06. The van der Waals surface area contributed by atoms with Crippen LogP contribution in [0.1, 0.15) is 26.2 Å². The lowest BCUT2D eigenvalue weighted by atomic mass is 9.84. The average molecular weight is 253 g/mol. The van der Waals surface area contributed by atoms with E-state index < -0.39 is 0 Å². The van der Waals surface area contributed by atoms with Crippen LogP contribution in [0.3, 0.4) is 0 Å². The van der Waals surface area contributed by atoms with E-state index in [0.29, 0.717) is 6.61 Å². The lowest BCUT2D eigenvalue weighted by Gasteiger charge is -2.41. The van der Waals surface area contributed by atoms with Gasteiger partial charge in [-0.1, -0.05) is 11.6 Å². The van der Waals surface area contributed by atoms with Gasteiger partial charge in [-0.05, 0) is 32.9 Å². The van der Waals surface area contributed by atoms with Crippen molar-refractivity contribution in [2.24, 2.45) is 10.6 Å². The predicted molar refractivity (Wildman–Crippen MR) is 69.5 cm³/mol. The van der Waals surface area contributed by atoms with Crippen molar-refractivity contribution in [2.75, 3.05) is 39.3 Å². The Morgan fingerprint density at radius 3 is 2.78 bits per heavy atom. The van der Waals surface area contributed by atoms with Crippen LogP contribution in [-0.4, -0.2) is 56.2 Å². The zero-order chi connectivity index (χ0) is 12.4. The van der Waals surface area contributed by atoms with Crippen LogP contribution >= 0.6 is 0 Å². The van der Waals surface area contributed by atoms with Crippen LogP contribution in [0.5, 0.6) is 0 Å². The van der Waals surface area contributed by atoms with Crippen molar-refractivity contribution in [1.82, 2.24) is 10.2 Å². The van der Waals surface area contributed by atoms with E-state index >= 15 is 0 Å². The van der Waals surface area contributed by atoms with Gasteiger partial charge in [0, 0.05) is 19.6 Å². The van der Waals surface area contributed by atoms with Gasteiger partial charge in [-0.2, -0.15) is 0 Å². The van der Waals surface area contributed by atoms with E-state index in [0.717, 1.165) is 25.5 Å². The monoisotopic (exact) mass is 253 g/mol. The molecule has 1 unspecified atom stereocenters. The minimum absolute atomic E-state index is 0.0422. The molecule has 3 rings (SSSR count). The molecule has 3 aliphatic rings. The van der Waals surface area contributed by atoms with Gasteiger partial charge in [0.1, 0.15) is 6.10 Å². The lowest BCUT2D eigenvalue weighted by molar-refractivity contribution is -0.0244. The van der Waals surface area contributed by atoms with Gasteiger partial charge >= 0.3 is 0 Å². The van der Waals surface area contributed by atoms with Crippen LogP contribution in [0.15, 0.2) is 5.16 Å². The minimum atomic E-state index is 0.0422. The summed E-state index contributed by atoms with van der Waals surface area (Å²) in [7, 11) is 0. The molecular weight excluding hydrogens is 230 g/mol. The maximum absolute atomic E-state index is 6.04. The highest BCUT2D eigenvalue weighted by molar-refractivity contribution is 5.83. The van der Waals surface area contributed by atoms with Gasteiger partial charge in [-0.15, -0.1) is 0 Å². The molecule has 0 aliphatic carbocycles. The van der Waals surface area contributed by atoms with Crippen molar-refractivity contribution in [2.45, 2.75) is 32.3 Å². The number of hydrogen-bond donors (Lipinski definition) is 1. The molecule has 1 atom stereocenters. The van der Waals surface area contributed by atoms with Crippen LogP contribution in [0, 0.1) is 5.41 Å². The molecule has 0 aromatic carbocycles. The van der Waals surface area contributed by atoms with Crippen molar-refractivity contribution in [3.05, 3.63) is 0 Å². The summed E-state index contributed by atoms with van der Waals surface area (Å²) in [6.07, 6.45) is 4.15. The summed E-state index contributed by atoms with van der Waals surface area (Å²) in [5.41, 5.74) is 0.0422. The Morgan fingerprint density at radius 2 is 2.11 bits per heavy atom. The summed E-state index contributed by atoms with van der Waals surface area (Å²) in [6, 6.07) is 0. The van der Waals surface area contributed by atoms with Gasteiger partial charge in [0.05, 0.1) is 5.41 Å². The van der Waals surface area contributed by atoms with Gasteiger partial charge in [-0.25, -0.2) is 0 Å². The Kier molecular flexibility index (Phi) is 3.43. The zero-order valence-corrected chi connectivity index (χ0v) is 11.2. The van der Waals surface area contributed by atoms with E-state index in [1.54, 1.807) is 0 Å². The smallest absolute Gasteiger partial charge is 0.234 e. The molecule has 0 bridgehead atoms. The van der Waals surface area contributed by atoms with Crippen LogP contribution in [0.25, 0.3) is 0 Å². The van der Waals surface area contributed by atoms with E-state index in [1.807, 2.05) is 0 Å². The third-order valence-electron chi connectivity index (χ3n) is 4.14. The highest BCUT2D eigenvalue weighted by Gasteiger charge is 2.42. The van der Waals surface area contributed by atoms with Crippen LogP contribution < -0.4 is 5.32 Å². The number of hydrogen-bond acceptors (Lipinski definition) is 5. The van der Waals surface area contributed by atoms with Gasteiger partial charge in [0.25, 0.3) is 0 Å². The minimum Gasteiger partial charge on any atom is -0.470 e. The number of ether oxygens (including phenoxy) is 1. The molecule has 2 fully saturated rings. The number of piperidine rings is 1. The summed E-state index contributed by atoms with van der Waals surface area (Å²) < 4.78 is 6.04. The van der Waals surface area contributed by atoms with E-state index in [4.69, 9.17) is 9.57 Å². The molecule has 0 amide bonds. The van der Waals surface area contributed by atoms with E-state index in [1.165, 1.54) is 32.4 Å². The Morgan fingerprint density at radius 1 is 1.33 bits per heavy atom. The molecule has 18 heavy (non-hydrogen) atoms. The van der Waals surface area contributed by atoms with Crippen molar-refractivity contribution in [3.8, 4) is 0 Å². The Bertz CT molecular complexity index is 322. The molecule has 102 valence electrons. The predicted octanol–water partition coefficient (Wildman–Crippen LogP) is 0.811. The second-order valence-corrected chi connectivity index (χ2v) is 5.96. The summed E-state index contributed by atoms with van der Waals surface area (Å²) in [5.74, 6) is 0.787. The fourth-order valence-corrected chi connectivity index (χ4v) is 2.82. The molecule has 2 saturated heterocycles. The Balaban J connectivity index is 1.54. The highest BCUT2D eigenvalue weighted by Crippen LogP contribution is 2.27. The maximum Gasteiger partial charge on any atom is 0.234 e. The van der Waals surface area contributed by atoms with E-state index in [9.17, 15) is 0 Å². The second kappa shape index (κ2) is 5.05. The first kappa shape index (κ1) is 12.2. The van der Waals surface area contributed by atoms with E-state index in [-0.39, 0.29) is 11.5 Å². The number of nitrogens with zero attached hydrogens (tertiary/aromatic N) is 2. The fourth-order valence-electron chi connectivity index (χ4n) is 2.82. The molecule has 0 aromatic rings. The number of rotatable bonds is 3. The molecule has 3 aliphatic heterocycles. The van der Waals surface area contributed by atoms with Crippen molar-refractivity contribution in [3.63, 3.8) is 0 Å². The largest absolute Gasteiger partial charge is 0.470 e. The van der Waals surface area contributed by atoms with Crippen molar-refractivity contribution < 1.29 is 9.57 Å². The van der Waals surface area contributed by atoms with Gasteiger partial charge in [0.15, 0.2) is 6.61 Å². The Labute approximate surface area is 108 Å². The zero-order valence-electron chi connectivity index (χ0n) is 11.2.